The molecule has 0 radical (unpaired) electrons. The molecule has 8 rings (SSSR count). The van der Waals surface area contributed by atoms with Gasteiger partial charge in [-0.2, -0.15) is 0 Å². The van der Waals surface area contributed by atoms with Crippen molar-refractivity contribution in [1.29, 1.82) is 0 Å². The highest BCUT2D eigenvalue weighted by atomic mass is 16.4. The first-order valence-corrected chi connectivity index (χ1v) is 21.4. The molecule has 306 valence electrons. The number of furan rings is 1. The van der Waals surface area contributed by atoms with Crippen LogP contribution in [-0.4, -0.2) is 15.1 Å². The number of pyridine rings is 1. The van der Waals surface area contributed by atoms with E-state index in [0.717, 1.165) is 62.2 Å². The van der Waals surface area contributed by atoms with Gasteiger partial charge >= 0.3 is 0 Å². The van der Waals surface area contributed by atoms with Crippen LogP contribution in [0.25, 0.3) is 78.2 Å². The average Bonchev–Trinajstić information content (AvgIpc) is 3.76. The largest absolute Gasteiger partial charge is 0.507 e. The van der Waals surface area contributed by atoms with Gasteiger partial charge in [-0.1, -0.05) is 124 Å². The second-order valence-corrected chi connectivity index (χ2v) is 19.5. The van der Waals surface area contributed by atoms with Gasteiger partial charge < -0.3 is 13.9 Å². The number of benzene rings is 5. The normalized spacial score (nSPS) is 12.4. The molecule has 0 saturated carbocycles. The fourth-order valence-corrected chi connectivity index (χ4v) is 8.63. The van der Waals surface area contributed by atoms with Crippen molar-refractivity contribution in [3.63, 3.8) is 0 Å². The van der Waals surface area contributed by atoms with E-state index in [1.54, 1.807) is 6.07 Å². The zero-order valence-electron chi connectivity index (χ0n) is 37.3. The third-order valence-corrected chi connectivity index (χ3v) is 11.9. The molecule has 3 heterocycles. The molecule has 0 fully saturated rings. The van der Waals surface area contributed by atoms with Crippen LogP contribution in [0.2, 0.25) is 0 Å². The third-order valence-electron chi connectivity index (χ3n) is 11.9. The van der Waals surface area contributed by atoms with E-state index in [0.29, 0.717) is 22.6 Å². The fourth-order valence-electron chi connectivity index (χ4n) is 8.63. The Morgan fingerprint density at radius 1 is 0.650 bits per heavy atom. The van der Waals surface area contributed by atoms with E-state index >= 15 is 0 Å². The highest BCUT2D eigenvalue weighted by Crippen LogP contribution is 2.47. The highest BCUT2D eigenvalue weighted by Gasteiger charge is 2.27. The quantitative estimate of drug-likeness (QED) is 0.166. The fraction of sp³-hybridized carbons (Fsp3) is 0.309. The maximum absolute atomic E-state index is 11.5. The lowest BCUT2D eigenvalue weighted by Crippen LogP contribution is -2.11. The average molecular weight is 795 g/mol. The number of oxazole rings is 1. The molecule has 0 saturated heterocycles. The zero-order valence-corrected chi connectivity index (χ0v) is 37.3. The van der Waals surface area contributed by atoms with Gasteiger partial charge in [0.2, 0.25) is 5.89 Å². The van der Waals surface area contributed by atoms with E-state index in [1.807, 2.05) is 26.1 Å². The first-order valence-electron chi connectivity index (χ1n) is 21.4. The van der Waals surface area contributed by atoms with Crippen molar-refractivity contribution < 1.29 is 13.9 Å². The molecule has 0 unspecified atom stereocenters. The van der Waals surface area contributed by atoms with Gasteiger partial charge in [0.05, 0.1) is 11.3 Å². The predicted octanol–water partition coefficient (Wildman–Crippen LogP) is 15.8. The number of phenolic OH excluding ortho intramolecular Hbond substituents is 1. The van der Waals surface area contributed by atoms with Crippen molar-refractivity contribution >= 4 is 22.1 Å². The summed E-state index contributed by atoms with van der Waals surface area (Å²) < 4.78 is 13.1. The summed E-state index contributed by atoms with van der Waals surface area (Å²) >= 11 is 0. The van der Waals surface area contributed by atoms with Crippen LogP contribution in [0.3, 0.4) is 0 Å². The summed E-state index contributed by atoms with van der Waals surface area (Å²) in [7, 11) is 0. The van der Waals surface area contributed by atoms with Crippen molar-refractivity contribution in [2.75, 3.05) is 0 Å². The van der Waals surface area contributed by atoms with Gasteiger partial charge in [0, 0.05) is 28.3 Å². The zero-order chi connectivity index (χ0) is 42.8. The van der Waals surface area contributed by atoms with E-state index in [1.165, 1.54) is 33.4 Å². The monoisotopic (exact) mass is 794 g/mol. The van der Waals surface area contributed by atoms with E-state index < -0.39 is 0 Å². The lowest BCUT2D eigenvalue weighted by atomic mass is 9.82. The molecule has 0 bridgehead atoms. The number of fused-ring (bicyclic) bond motifs is 2. The standard InChI is InChI=1S/C55H58N2O3/c1-31(2)41-14-13-15-42(32(3)4)49(41)44-21-20-43(51-52(44)60-53(57-51)50-46(58)22-23-47-48(50)33(5)34(6)59-47)38-26-39(28-40(27-38)55(10,11)12)45-29-37(24-25-56-45)36-18-16-35(17-19-36)30-54(7,8)9/h13-29,31-32,58H,30H2,1-12H3. The lowest BCUT2D eigenvalue weighted by Gasteiger charge is -2.22. The SMILES string of the molecule is Cc1oc2ccc(O)c(-c3nc4c(-c5cc(-c6cc(-c7ccc(CC(C)(C)C)cc7)ccn6)cc(C(C)(C)C)c5)ccc(-c5c(C(C)C)cccc5C(C)C)c4o3)c2c1C. The van der Waals surface area contributed by atoms with E-state index in [9.17, 15) is 5.11 Å². The number of nitrogens with zero attached hydrogens (tertiary/aromatic N) is 2. The minimum Gasteiger partial charge on any atom is -0.507 e. The van der Waals surface area contributed by atoms with Gasteiger partial charge in [0.15, 0.2) is 5.58 Å². The molecule has 0 aliphatic rings. The van der Waals surface area contributed by atoms with Gasteiger partial charge in [0.25, 0.3) is 0 Å². The van der Waals surface area contributed by atoms with Crippen LogP contribution in [0.1, 0.15) is 115 Å². The summed E-state index contributed by atoms with van der Waals surface area (Å²) in [6.07, 6.45) is 2.94. The number of aromatic hydroxyl groups is 1. The summed E-state index contributed by atoms with van der Waals surface area (Å²) in [5.41, 5.74) is 17.1. The van der Waals surface area contributed by atoms with E-state index in [-0.39, 0.29) is 28.4 Å². The number of hydrogen-bond acceptors (Lipinski definition) is 5. The molecule has 0 spiro atoms. The maximum Gasteiger partial charge on any atom is 0.231 e. The first kappa shape index (κ1) is 40.8. The van der Waals surface area contributed by atoms with Crippen LogP contribution in [0.4, 0.5) is 0 Å². The Morgan fingerprint density at radius 3 is 1.97 bits per heavy atom. The second-order valence-electron chi connectivity index (χ2n) is 19.5. The van der Waals surface area contributed by atoms with Gasteiger partial charge in [-0.05, 0) is 135 Å². The molecule has 5 aromatic carbocycles. The molecule has 0 aliphatic carbocycles. The molecule has 5 nitrogen and oxygen atoms in total. The van der Waals surface area contributed by atoms with E-state index in [2.05, 4.69) is 154 Å². The summed E-state index contributed by atoms with van der Waals surface area (Å²) in [5, 5.41) is 12.3. The molecule has 60 heavy (non-hydrogen) atoms. The topological polar surface area (TPSA) is 72.3 Å². The highest BCUT2D eigenvalue weighted by molar-refractivity contribution is 6.04. The van der Waals surface area contributed by atoms with Crippen LogP contribution < -0.4 is 0 Å². The molecule has 3 aromatic heterocycles. The second kappa shape index (κ2) is 15.3. The minimum atomic E-state index is -0.153. The Morgan fingerprint density at radius 2 is 1.32 bits per heavy atom. The smallest absolute Gasteiger partial charge is 0.231 e. The van der Waals surface area contributed by atoms with Crippen molar-refractivity contribution in [3.05, 3.63) is 137 Å². The van der Waals surface area contributed by atoms with Crippen LogP contribution in [-0.2, 0) is 11.8 Å². The molecule has 1 N–H and O–H groups in total. The van der Waals surface area contributed by atoms with Gasteiger partial charge in [-0.3, -0.25) is 4.98 Å². The molecular formula is C55H58N2O3. The number of rotatable bonds is 8. The Hall–Kier alpha value is -5.94. The first-order chi connectivity index (χ1) is 28.4. The summed E-state index contributed by atoms with van der Waals surface area (Å²) in [6, 6.07) is 34.6. The summed E-state index contributed by atoms with van der Waals surface area (Å²) in [5.74, 6) is 1.80. The molecular weight excluding hydrogens is 737 g/mol. The third kappa shape index (κ3) is 7.67. The molecule has 8 aromatic rings. The number of aromatic nitrogens is 2. The summed E-state index contributed by atoms with van der Waals surface area (Å²) in [4.78, 5) is 10.3. The molecule has 5 heteroatoms. The number of hydrogen-bond donors (Lipinski definition) is 1. The van der Waals surface area contributed by atoms with Crippen molar-refractivity contribution in [2.24, 2.45) is 5.41 Å². The lowest BCUT2D eigenvalue weighted by molar-refractivity contribution is 0.411. The van der Waals surface area contributed by atoms with Gasteiger partial charge in [-0.15, -0.1) is 0 Å². The van der Waals surface area contributed by atoms with Crippen molar-refractivity contribution in [1.82, 2.24) is 9.97 Å². The Bertz CT molecular complexity index is 2860. The summed E-state index contributed by atoms with van der Waals surface area (Å²) in [6.45, 7) is 26.5. The molecule has 0 aliphatic heterocycles. The number of phenols is 1. The van der Waals surface area contributed by atoms with Gasteiger partial charge in [0.1, 0.15) is 22.6 Å². The molecule has 0 amide bonds. The Labute approximate surface area is 355 Å². The van der Waals surface area contributed by atoms with Gasteiger partial charge in [-0.25, -0.2) is 4.98 Å². The Balaban J connectivity index is 1.37. The van der Waals surface area contributed by atoms with Crippen LogP contribution in [0, 0.1) is 19.3 Å². The van der Waals surface area contributed by atoms with Crippen LogP contribution in [0.5, 0.6) is 5.75 Å². The predicted molar refractivity (Wildman–Crippen MR) is 250 cm³/mol. The van der Waals surface area contributed by atoms with Crippen molar-refractivity contribution in [3.8, 4) is 61.8 Å². The van der Waals surface area contributed by atoms with E-state index in [4.69, 9.17) is 18.8 Å². The minimum absolute atomic E-state index is 0.0957. The maximum atomic E-state index is 11.5. The van der Waals surface area contributed by atoms with Crippen LogP contribution in [0.15, 0.2) is 112 Å². The van der Waals surface area contributed by atoms with Crippen LogP contribution >= 0.6 is 0 Å². The number of aryl methyl sites for hydroxylation is 2. The molecule has 0 atom stereocenters. The van der Waals surface area contributed by atoms with Crippen molar-refractivity contribution in [2.45, 2.75) is 107 Å². The Kier molecular flexibility index (Phi) is 10.4.